The zero-order valence-electron chi connectivity index (χ0n) is 11.9. The molecule has 0 aromatic carbocycles. The third-order valence-electron chi connectivity index (χ3n) is 2.06. The Balaban J connectivity index is 5.38. The lowest BCUT2D eigenvalue weighted by atomic mass is 10.0. The van der Waals surface area contributed by atoms with E-state index >= 15 is 0 Å². The summed E-state index contributed by atoms with van der Waals surface area (Å²) in [6, 6.07) is 4.19. The van der Waals surface area contributed by atoms with E-state index < -0.39 is 11.1 Å². The summed E-state index contributed by atoms with van der Waals surface area (Å²) in [7, 11) is 0. The Morgan fingerprint density at radius 3 is 1.28 bits per heavy atom. The molecule has 2 unspecified atom stereocenters. The number of allylic oxidation sites excluding steroid dienone is 2. The smallest absolute Gasteiger partial charge is 0.183 e. The molecule has 0 spiro atoms. The van der Waals surface area contributed by atoms with Crippen LogP contribution in [0.25, 0.3) is 0 Å². The molecule has 0 rings (SSSR count). The second-order valence-electron chi connectivity index (χ2n) is 5.16. The molecule has 0 radical (unpaired) electrons. The van der Waals surface area contributed by atoms with Crippen LogP contribution in [0.4, 0.5) is 0 Å². The largest absolute Gasteiger partial charge is 0.195 e. The number of azo groups is 1. The van der Waals surface area contributed by atoms with Crippen molar-refractivity contribution in [2.45, 2.75) is 52.6 Å². The quantitative estimate of drug-likeness (QED) is 0.555. The van der Waals surface area contributed by atoms with E-state index in [0.717, 1.165) is 11.1 Å². The number of hydrogen-bond donors (Lipinski definition) is 0. The van der Waals surface area contributed by atoms with E-state index in [1.54, 1.807) is 26.0 Å². The minimum absolute atomic E-state index is 0.985. The van der Waals surface area contributed by atoms with Crippen LogP contribution in [0.1, 0.15) is 41.5 Å². The maximum atomic E-state index is 9.14. The predicted molar refractivity (Wildman–Crippen MR) is 71.8 cm³/mol. The predicted octanol–water partition coefficient (Wildman–Crippen LogP) is 3.94. The fraction of sp³-hybridized carbons (Fsp3) is 0.571. The molecule has 4 nitrogen and oxygen atoms in total. The SMILES string of the molecule is CC(C)=CC(C)(C#N)N=NC(C)(C#N)C=C(C)C. The Hall–Kier alpha value is -1.94. The number of rotatable bonds is 4. The molecule has 0 amide bonds. The summed E-state index contributed by atoms with van der Waals surface area (Å²) in [6.45, 7) is 10.9. The van der Waals surface area contributed by atoms with E-state index in [9.17, 15) is 0 Å². The molecule has 0 saturated heterocycles. The number of nitrogens with zero attached hydrogens (tertiary/aromatic N) is 4. The average Bonchev–Trinajstić information content (AvgIpc) is 2.25. The van der Waals surface area contributed by atoms with Gasteiger partial charge in [-0.05, 0) is 53.7 Å². The van der Waals surface area contributed by atoms with Crippen molar-refractivity contribution in [2.75, 3.05) is 0 Å². The van der Waals surface area contributed by atoms with Crippen LogP contribution in [0, 0.1) is 22.7 Å². The van der Waals surface area contributed by atoms with Gasteiger partial charge in [-0.1, -0.05) is 11.1 Å². The van der Waals surface area contributed by atoms with Crippen molar-refractivity contribution in [2.24, 2.45) is 10.2 Å². The second kappa shape index (κ2) is 6.12. The van der Waals surface area contributed by atoms with Crippen LogP contribution in [0.15, 0.2) is 33.5 Å². The van der Waals surface area contributed by atoms with Gasteiger partial charge in [-0.3, -0.25) is 0 Å². The standard InChI is InChI=1S/C14H20N4/c1-11(2)7-13(5,9-15)17-18-14(6,10-16)8-12(3)4/h7-8H,1-6H3. The third kappa shape index (κ3) is 5.41. The Morgan fingerprint density at radius 1 is 0.833 bits per heavy atom. The zero-order valence-corrected chi connectivity index (χ0v) is 11.9. The molecule has 18 heavy (non-hydrogen) atoms. The van der Waals surface area contributed by atoms with Gasteiger partial charge in [-0.2, -0.15) is 20.8 Å². The molecule has 0 saturated carbocycles. The normalized spacial score (nSPS) is 16.9. The molecular formula is C14H20N4. The van der Waals surface area contributed by atoms with E-state index in [2.05, 4.69) is 22.4 Å². The summed E-state index contributed by atoms with van der Waals surface area (Å²) in [6.07, 6.45) is 3.47. The van der Waals surface area contributed by atoms with Crippen molar-refractivity contribution in [1.82, 2.24) is 0 Å². The van der Waals surface area contributed by atoms with Gasteiger partial charge in [0.25, 0.3) is 0 Å². The first kappa shape index (κ1) is 16.1. The Kier molecular flexibility index (Phi) is 5.46. The van der Waals surface area contributed by atoms with Crippen molar-refractivity contribution in [3.8, 4) is 12.1 Å². The second-order valence-corrected chi connectivity index (χ2v) is 5.16. The monoisotopic (exact) mass is 244 g/mol. The Labute approximate surface area is 109 Å². The van der Waals surface area contributed by atoms with Gasteiger partial charge in [0.1, 0.15) is 0 Å². The maximum absolute atomic E-state index is 9.14. The highest BCUT2D eigenvalue weighted by molar-refractivity contribution is 5.23. The first-order valence-electron chi connectivity index (χ1n) is 5.75. The highest BCUT2D eigenvalue weighted by Crippen LogP contribution is 2.20. The molecule has 0 aliphatic rings. The van der Waals surface area contributed by atoms with Gasteiger partial charge in [-0.25, -0.2) is 0 Å². The van der Waals surface area contributed by atoms with E-state index in [1.165, 1.54) is 0 Å². The molecule has 0 heterocycles. The minimum Gasteiger partial charge on any atom is -0.195 e. The van der Waals surface area contributed by atoms with Crippen LogP contribution in [0.3, 0.4) is 0 Å². The highest BCUT2D eigenvalue weighted by Gasteiger charge is 2.24. The summed E-state index contributed by atoms with van der Waals surface area (Å²) >= 11 is 0. The molecule has 0 aromatic rings. The molecule has 0 aromatic heterocycles. The molecule has 0 bridgehead atoms. The van der Waals surface area contributed by atoms with Crippen molar-refractivity contribution < 1.29 is 0 Å². The molecule has 0 aliphatic heterocycles. The van der Waals surface area contributed by atoms with Gasteiger partial charge in [0.2, 0.25) is 0 Å². The van der Waals surface area contributed by atoms with E-state index in [1.807, 2.05) is 27.7 Å². The topological polar surface area (TPSA) is 72.3 Å². The van der Waals surface area contributed by atoms with Crippen molar-refractivity contribution in [1.29, 1.82) is 10.5 Å². The van der Waals surface area contributed by atoms with Crippen molar-refractivity contribution >= 4 is 0 Å². The first-order valence-corrected chi connectivity index (χ1v) is 5.75. The summed E-state index contributed by atoms with van der Waals surface area (Å²) < 4.78 is 0. The van der Waals surface area contributed by atoms with Gasteiger partial charge >= 0.3 is 0 Å². The van der Waals surface area contributed by atoms with Crippen LogP contribution in [0.5, 0.6) is 0 Å². The van der Waals surface area contributed by atoms with E-state index in [4.69, 9.17) is 10.5 Å². The van der Waals surface area contributed by atoms with E-state index in [0.29, 0.717) is 0 Å². The van der Waals surface area contributed by atoms with Crippen LogP contribution in [0.2, 0.25) is 0 Å². The highest BCUT2D eigenvalue weighted by atomic mass is 15.2. The van der Waals surface area contributed by atoms with E-state index in [-0.39, 0.29) is 0 Å². The average molecular weight is 244 g/mol. The number of nitriles is 2. The molecule has 96 valence electrons. The fourth-order valence-corrected chi connectivity index (χ4v) is 1.50. The molecule has 0 fully saturated rings. The van der Waals surface area contributed by atoms with Gasteiger partial charge in [0.05, 0.1) is 12.1 Å². The van der Waals surface area contributed by atoms with Gasteiger partial charge < -0.3 is 0 Å². The fourth-order valence-electron chi connectivity index (χ4n) is 1.50. The van der Waals surface area contributed by atoms with Crippen molar-refractivity contribution in [3.63, 3.8) is 0 Å². The van der Waals surface area contributed by atoms with Gasteiger partial charge in [-0.15, -0.1) is 0 Å². The molecular weight excluding hydrogens is 224 g/mol. The van der Waals surface area contributed by atoms with Crippen LogP contribution in [-0.4, -0.2) is 11.1 Å². The minimum atomic E-state index is -1.02. The number of hydrogen-bond acceptors (Lipinski definition) is 4. The lowest BCUT2D eigenvalue weighted by Crippen LogP contribution is -2.20. The lowest BCUT2D eigenvalue weighted by Gasteiger charge is -2.15. The van der Waals surface area contributed by atoms with Crippen LogP contribution < -0.4 is 0 Å². The third-order valence-corrected chi connectivity index (χ3v) is 2.06. The molecule has 0 aliphatic carbocycles. The summed E-state index contributed by atoms with van der Waals surface area (Å²) in [5, 5.41) is 26.3. The maximum Gasteiger partial charge on any atom is 0.183 e. The van der Waals surface area contributed by atoms with Crippen LogP contribution in [-0.2, 0) is 0 Å². The van der Waals surface area contributed by atoms with Crippen molar-refractivity contribution in [3.05, 3.63) is 23.3 Å². The Bertz CT molecular complexity index is 421. The zero-order chi connectivity index (χ0) is 14.4. The molecule has 0 N–H and O–H groups in total. The summed E-state index contributed by atoms with van der Waals surface area (Å²) in [5.74, 6) is 0. The summed E-state index contributed by atoms with van der Waals surface area (Å²) in [4.78, 5) is 0. The summed E-state index contributed by atoms with van der Waals surface area (Å²) in [5.41, 5.74) is -0.0727. The Morgan fingerprint density at radius 2 is 1.11 bits per heavy atom. The van der Waals surface area contributed by atoms with Crippen LogP contribution >= 0.6 is 0 Å². The molecule has 2 atom stereocenters. The lowest BCUT2D eigenvalue weighted by molar-refractivity contribution is 0.602. The van der Waals surface area contributed by atoms with Gasteiger partial charge in [0, 0.05) is 0 Å². The first-order chi connectivity index (χ1) is 8.16. The molecule has 4 heteroatoms. The van der Waals surface area contributed by atoms with Gasteiger partial charge in [0.15, 0.2) is 11.1 Å².